The fraction of sp³-hybridized carbons (Fsp3) is 0.200. The van der Waals surface area contributed by atoms with Gasteiger partial charge >= 0.3 is 0 Å². The van der Waals surface area contributed by atoms with Crippen molar-refractivity contribution in [2.24, 2.45) is 4.99 Å². The number of nitrogens with zero attached hydrogens (tertiary/aromatic N) is 4. The monoisotopic (exact) mass is 331 g/mol. The van der Waals surface area contributed by atoms with Crippen molar-refractivity contribution in [3.63, 3.8) is 0 Å². The Hall–Kier alpha value is -2.48. The Balaban J connectivity index is 1.72. The zero-order valence-electron chi connectivity index (χ0n) is 12.1. The Morgan fingerprint density at radius 1 is 1.30 bits per heavy atom. The summed E-state index contributed by atoms with van der Waals surface area (Å²) in [5, 5.41) is 7.25. The summed E-state index contributed by atoms with van der Waals surface area (Å²) in [6, 6.07) is 7.52. The van der Waals surface area contributed by atoms with E-state index in [9.17, 15) is 9.18 Å². The molecule has 1 aliphatic heterocycles. The maximum Gasteiger partial charge on any atom is 0.275 e. The normalized spacial score (nSPS) is 15.8. The third-order valence-electron chi connectivity index (χ3n) is 3.07. The van der Waals surface area contributed by atoms with Crippen LogP contribution in [0.4, 0.5) is 4.39 Å². The van der Waals surface area contributed by atoms with Crippen molar-refractivity contribution in [1.29, 1.82) is 0 Å². The summed E-state index contributed by atoms with van der Waals surface area (Å²) >= 11 is 1.35. The molecule has 0 radical (unpaired) electrons. The van der Waals surface area contributed by atoms with Gasteiger partial charge in [-0.2, -0.15) is 5.10 Å². The Morgan fingerprint density at radius 3 is 2.83 bits per heavy atom. The number of carbonyl (C=O) groups is 1. The van der Waals surface area contributed by atoms with Gasteiger partial charge in [-0.25, -0.2) is 14.7 Å². The average molecular weight is 331 g/mol. The highest BCUT2D eigenvalue weighted by Gasteiger charge is 2.19. The minimum Gasteiger partial charge on any atom is -0.300 e. The summed E-state index contributed by atoms with van der Waals surface area (Å²) in [6.07, 6.45) is 5.24. The molecule has 1 aromatic heterocycles. The third-order valence-corrected chi connectivity index (χ3v) is 4.03. The SMILES string of the molecule is O=C1NC(SCCCF)=N/C1=C/c1ccc(-n2cncn2)cc1. The second-order valence-electron chi connectivity index (χ2n) is 4.72. The number of rotatable bonds is 5. The van der Waals surface area contributed by atoms with E-state index in [-0.39, 0.29) is 12.6 Å². The molecule has 2 aromatic rings. The number of nitrogens with one attached hydrogen (secondary N) is 1. The Bertz CT molecular complexity index is 740. The largest absolute Gasteiger partial charge is 0.300 e. The predicted molar refractivity (Wildman–Crippen MR) is 88.0 cm³/mol. The fourth-order valence-electron chi connectivity index (χ4n) is 1.96. The minimum atomic E-state index is -0.366. The topological polar surface area (TPSA) is 72.2 Å². The number of aromatic nitrogens is 3. The molecular weight excluding hydrogens is 317 g/mol. The number of alkyl halides is 1. The second kappa shape index (κ2) is 7.19. The van der Waals surface area contributed by atoms with Crippen LogP contribution in [0.15, 0.2) is 47.6 Å². The molecular formula is C15H14FN5OS. The number of amides is 1. The van der Waals surface area contributed by atoms with Gasteiger partial charge in [-0.1, -0.05) is 23.9 Å². The Kier molecular flexibility index (Phi) is 4.82. The molecule has 0 bridgehead atoms. The number of amidine groups is 1. The Morgan fingerprint density at radius 2 is 2.13 bits per heavy atom. The summed E-state index contributed by atoms with van der Waals surface area (Å²) in [5.74, 6) is 0.350. The van der Waals surface area contributed by atoms with Crippen LogP contribution in [0.25, 0.3) is 11.8 Å². The predicted octanol–water partition coefficient (Wildman–Crippen LogP) is 2.19. The van der Waals surface area contributed by atoms with Crippen LogP contribution in [-0.4, -0.2) is 38.3 Å². The number of aliphatic imine (C=N–C) groups is 1. The first-order valence-electron chi connectivity index (χ1n) is 7.02. The van der Waals surface area contributed by atoms with E-state index in [1.807, 2.05) is 24.3 Å². The summed E-state index contributed by atoms with van der Waals surface area (Å²) in [4.78, 5) is 20.0. The van der Waals surface area contributed by atoms with Crippen LogP contribution >= 0.6 is 11.8 Å². The number of benzene rings is 1. The first-order chi connectivity index (χ1) is 11.3. The molecule has 0 unspecified atom stereocenters. The van der Waals surface area contributed by atoms with E-state index in [0.29, 0.717) is 23.0 Å². The molecule has 118 valence electrons. The van der Waals surface area contributed by atoms with Crippen LogP contribution in [0.3, 0.4) is 0 Å². The van der Waals surface area contributed by atoms with Crippen molar-refractivity contribution < 1.29 is 9.18 Å². The molecule has 1 aliphatic rings. The molecule has 0 aliphatic carbocycles. The van der Waals surface area contributed by atoms with Gasteiger partial charge in [0.25, 0.3) is 5.91 Å². The highest BCUT2D eigenvalue weighted by Crippen LogP contribution is 2.18. The van der Waals surface area contributed by atoms with Gasteiger partial charge in [0.1, 0.15) is 18.4 Å². The number of carbonyl (C=O) groups excluding carboxylic acids is 1. The van der Waals surface area contributed by atoms with E-state index < -0.39 is 0 Å². The summed E-state index contributed by atoms with van der Waals surface area (Å²) in [5.41, 5.74) is 2.09. The molecule has 23 heavy (non-hydrogen) atoms. The number of hydrogen-bond acceptors (Lipinski definition) is 5. The van der Waals surface area contributed by atoms with Gasteiger partial charge in [0, 0.05) is 5.75 Å². The zero-order valence-corrected chi connectivity index (χ0v) is 13.0. The van der Waals surface area contributed by atoms with E-state index in [2.05, 4.69) is 20.4 Å². The number of thioether (sulfide) groups is 1. The van der Waals surface area contributed by atoms with Crippen LogP contribution < -0.4 is 5.32 Å². The lowest BCUT2D eigenvalue weighted by Crippen LogP contribution is -2.21. The quantitative estimate of drug-likeness (QED) is 0.673. The maximum atomic E-state index is 12.1. The van der Waals surface area contributed by atoms with Gasteiger partial charge in [-0.15, -0.1) is 0 Å². The summed E-state index contributed by atoms with van der Waals surface area (Å²) in [7, 11) is 0. The van der Waals surface area contributed by atoms with Crippen molar-refractivity contribution >= 4 is 28.9 Å². The zero-order chi connectivity index (χ0) is 16.1. The highest BCUT2D eigenvalue weighted by molar-refractivity contribution is 8.13. The van der Waals surface area contributed by atoms with Crippen LogP contribution in [0.1, 0.15) is 12.0 Å². The minimum absolute atomic E-state index is 0.242. The molecule has 0 saturated heterocycles. The standard InChI is InChI=1S/C15H14FN5OS/c16-6-1-7-23-15-19-13(14(22)20-15)8-11-2-4-12(5-3-11)21-10-17-9-18-21/h2-5,8-10H,1,6-7H2,(H,19,20,22)/b13-8+. The van der Waals surface area contributed by atoms with Crippen LogP contribution in [0.2, 0.25) is 0 Å². The molecule has 1 aromatic carbocycles. The lowest BCUT2D eigenvalue weighted by Gasteiger charge is -2.00. The van der Waals surface area contributed by atoms with Crippen molar-refractivity contribution in [2.75, 3.05) is 12.4 Å². The number of hydrogen-bond donors (Lipinski definition) is 1. The lowest BCUT2D eigenvalue weighted by molar-refractivity contribution is -0.115. The van der Waals surface area contributed by atoms with E-state index in [1.165, 1.54) is 18.1 Å². The lowest BCUT2D eigenvalue weighted by atomic mass is 10.2. The van der Waals surface area contributed by atoms with Crippen molar-refractivity contribution in [3.8, 4) is 5.69 Å². The molecule has 6 nitrogen and oxygen atoms in total. The summed E-state index contributed by atoms with van der Waals surface area (Å²) in [6.45, 7) is -0.366. The van der Waals surface area contributed by atoms with Crippen molar-refractivity contribution in [2.45, 2.75) is 6.42 Å². The smallest absolute Gasteiger partial charge is 0.275 e. The molecule has 8 heteroatoms. The first kappa shape index (κ1) is 15.4. The van der Waals surface area contributed by atoms with Gasteiger partial charge in [-0.05, 0) is 30.2 Å². The molecule has 0 atom stereocenters. The molecule has 0 saturated carbocycles. The van der Waals surface area contributed by atoms with Gasteiger partial charge < -0.3 is 0 Å². The van der Waals surface area contributed by atoms with Gasteiger partial charge in [0.05, 0.1) is 12.4 Å². The van der Waals surface area contributed by atoms with Gasteiger partial charge in [-0.3, -0.25) is 14.5 Å². The Labute approximate surface area is 136 Å². The highest BCUT2D eigenvalue weighted by atomic mass is 32.2. The van der Waals surface area contributed by atoms with Crippen molar-refractivity contribution in [1.82, 2.24) is 20.1 Å². The van der Waals surface area contributed by atoms with Crippen LogP contribution in [-0.2, 0) is 4.79 Å². The molecule has 3 rings (SSSR count). The van der Waals surface area contributed by atoms with Gasteiger partial charge in [0.15, 0.2) is 5.17 Å². The average Bonchev–Trinajstić information content (AvgIpc) is 3.19. The van der Waals surface area contributed by atoms with E-state index >= 15 is 0 Å². The number of halogens is 1. The molecule has 0 fully saturated rings. The molecule has 1 N–H and O–H groups in total. The van der Waals surface area contributed by atoms with E-state index in [4.69, 9.17) is 0 Å². The summed E-state index contributed by atoms with van der Waals surface area (Å²) < 4.78 is 13.7. The van der Waals surface area contributed by atoms with Gasteiger partial charge in [0.2, 0.25) is 0 Å². The van der Waals surface area contributed by atoms with E-state index in [0.717, 1.165) is 11.3 Å². The van der Waals surface area contributed by atoms with Crippen LogP contribution in [0, 0.1) is 0 Å². The second-order valence-corrected chi connectivity index (χ2v) is 5.81. The third kappa shape index (κ3) is 3.84. The molecule has 0 spiro atoms. The van der Waals surface area contributed by atoms with Crippen LogP contribution in [0.5, 0.6) is 0 Å². The van der Waals surface area contributed by atoms with E-state index in [1.54, 1.807) is 17.1 Å². The van der Waals surface area contributed by atoms with Crippen molar-refractivity contribution in [3.05, 3.63) is 48.2 Å². The molecule has 1 amide bonds. The fourth-order valence-corrected chi connectivity index (χ4v) is 2.74. The molecule has 2 heterocycles. The first-order valence-corrected chi connectivity index (χ1v) is 8.00. The maximum absolute atomic E-state index is 12.1.